The van der Waals surface area contributed by atoms with Gasteiger partial charge in [0, 0.05) is 6.42 Å². The van der Waals surface area contributed by atoms with Gasteiger partial charge in [0.15, 0.2) is 5.78 Å². The molecule has 36 heavy (non-hydrogen) atoms. The maximum atomic E-state index is 13.2. The van der Waals surface area contributed by atoms with Gasteiger partial charge in [-0.25, -0.2) is 4.79 Å². The van der Waals surface area contributed by atoms with Gasteiger partial charge in [-0.15, -0.1) is 0 Å². The third-order valence-electron chi connectivity index (χ3n) is 5.56. The molecular formula is C28H30N2O6. The number of hydrogen-bond donors (Lipinski definition) is 3. The summed E-state index contributed by atoms with van der Waals surface area (Å²) in [6.45, 7) is -0.674. The molecule has 0 bridgehead atoms. The van der Waals surface area contributed by atoms with Gasteiger partial charge >= 0.3 is 6.09 Å². The Hall–Kier alpha value is -4.17. The Morgan fingerprint density at radius 2 is 1.31 bits per heavy atom. The summed E-state index contributed by atoms with van der Waals surface area (Å²) in [4.78, 5) is 38.2. The Morgan fingerprint density at radius 3 is 1.89 bits per heavy atom. The fraction of sp³-hybridized carbons (Fsp3) is 0.250. The van der Waals surface area contributed by atoms with E-state index in [4.69, 9.17) is 9.47 Å². The van der Waals surface area contributed by atoms with Crippen LogP contribution in [0.4, 0.5) is 4.79 Å². The molecule has 0 aliphatic carbocycles. The summed E-state index contributed by atoms with van der Waals surface area (Å²) in [5.74, 6) is -0.436. The molecule has 0 aliphatic heterocycles. The SMILES string of the molecule is COc1ccc(CC(NC(=O)C(Cc2ccccc2)NC(=O)OCc2ccccc2)C(=O)CO)cc1. The number of aliphatic hydroxyl groups is 1. The van der Waals surface area contributed by atoms with Crippen molar-refractivity contribution in [3.05, 3.63) is 102 Å². The number of nitrogens with one attached hydrogen (secondary N) is 2. The van der Waals surface area contributed by atoms with Crippen LogP contribution in [-0.4, -0.2) is 48.7 Å². The van der Waals surface area contributed by atoms with E-state index in [-0.39, 0.29) is 19.4 Å². The van der Waals surface area contributed by atoms with Crippen molar-refractivity contribution in [1.29, 1.82) is 0 Å². The standard InChI is InChI=1S/C28H30N2O6/c1-35-23-14-12-21(13-15-23)16-24(26(32)18-31)29-27(33)25(17-20-8-4-2-5-9-20)30-28(34)36-19-22-10-6-3-7-11-22/h2-15,24-25,31H,16-19H2,1H3,(H,29,33)(H,30,34). The van der Waals surface area contributed by atoms with Gasteiger partial charge < -0.3 is 25.2 Å². The fourth-order valence-electron chi connectivity index (χ4n) is 3.59. The van der Waals surface area contributed by atoms with E-state index in [0.29, 0.717) is 5.75 Å². The van der Waals surface area contributed by atoms with Crippen LogP contribution in [-0.2, 0) is 33.8 Å². The van der Waals surface area contributed by atoms with Crippen molar-refractivity contribution in [3.8, 4) is 5.75 Å². The predicted octanol–water partition coefficient (Wildman–Crippen LogP) is 2.82. The van der Waals surface area contributed by atoms with Crippen molar-refractivity contribution in [3.63, 3.8) is 0 Å². The number of carbonyl (C=O) groups excluding carboxylic acids is 3. The summed E-state index contributed by atoms with van der Waals surface area (Å²) in [5, 5.41) is 14.8. The number of Topliss-reactive ketones (excluding diaryl/α,β-unsaturated/α-hetero) is 1. The number of ether oxygens (including phenoxy) is 2. The van der Waals surface area contributed by atoms with Crippen LogP contribution in [0.15, 0.2) is 84.9 Å². The molecule has 0 aliphatic rings. The van der Waals surface area contributed by atoms with Crippen LogP contribution >= 0.6 is 0 Å². The van der Waals surface area contributed by atoms with Gasteiger partial charge in [-0.1, -0.05) is 72.8 Å². The third-order valence-corrected chi connectivity index (χ3v) is 5.56. The van der Waals surface area contributed by atoms with E-state index in [0.717, 1.165) is 16.7 Å². The minimum atomic E-state index is -1.000. The van der Waals surface area contributed by atoms with Crippen molar-refractivity contribution in [2.24, 2.45) is 0 Å². The van der Waals surface area contributed by atoms with Gasteiger partial charge in [0.1, 0.15) is 25.0 Å². The predicted molar refractivity (Wildman–Crippen MR) is 134 cm³/mol. The van der Waals surface area contributed by atoms with Crippen LogP contribution in [0.1, 0.15) is 16.7 Å². The minimum Gasteiger partial charge on any atom is -0.497 e. The lowest BCUT2D eigenvalue weighted by molar-refractivity contribution is -0.130. The van der Waals surface area contributed by atoms with E-state index in [9.17, 15) is 19.5 Å². The molecule has 0 heterocycles. The largest absolute Gasteiger partial charge is 0.497 e. The Bertz CT molecular complexity index is 1120. The highest BCUT2D eigenvalue weighted by Gasteiger charge is 2.27. The molecule has 2 atom stereocenters. The first-order chi connectivity index (χ1) is 17.5. The summed E-state index contributed by atoms with van der Waals surface area (Å²) in [6.07, 6.45) is -0.392. The second-order valence-corrected chi connectivity index (χ2v) is 8.19. The van der Waals surface area contributed by atoms with E-state index < -0.39 is 36.5 Å². The molecule has 2 unspecified atom stereocenters. The second kappa shape index (κ2) is 13.7. The number of methoxy groups -OCH3 is 1. The highest BCUT2D eigenvalue weighted by molar-refractivity contribution is 5.93. The first-order valence-electron chi connectivity index (χ1n) is 11.6. The quantitative estimate of drug-likeness (QED) is 0.360. The summed E-state index contributed by atoms with van der Waals surface area (Å²) >= 11 is 0. The van der Waals surface area contributed by atoms with Gasteiger partial charge in [-0.05, 0) is 35.2 Å². The second-order valence-electron chi connectivity index (χ2n) is 8.19. The molecule has 2 amide bonds. The van der Waals surface area contributed by atoms with Crippen LogP contribution in [0.5, 0.6) is 5.75 Å². The van der Waals surface area contributed by atoms with Gasteiger partial charge in [-0.2, -0.15) is 0 Å². The van der Waals surface area contributed by atoms with Gasteiger partial charge in [0.05, 0.1) is 13.2 Å². The molecule has 3 aromatic rings. The topological polar surface area (TPSA) is 114 Å². The number of rotatable bonds is 12. The molecule has 3 N–H and O–H groups in total. The van der Waals surface area contributed by atoms with Gasteiger partial charge in [-0.3, -0.25) is 9.59 Å². The highest BCUT2D eigenvalue weighted by Crippen LogP contribution is 2.13. The molecule has 0 saturated carbocycles. The van der Waals surface area contributed by atoms with Crippen LogP contribution in [0, 0.1) is 0 Å². The number of alkyl carbamates (subject to hydrolysis) is 1. The van der Waals surface area contributed by atoms with Gasteiger partial charge in [0.2, 0.25) is 5.91 Å². The molecule has 0 spiro atoms. The summed E-state index contributed by atoms with van der Waals surface area (Å²) in [7, 11) is 1.55. The molecule has 0 fully saturated rings. The van der Waals surface area contributed by atoms with E-state index in [1.54, 1.807) is 31.4 Å². The number of ketones is 1. The zero-order valence-corrected chi connectivity index (χ0v) is 20.1. The first kappa shape index (κ1) is 26.4. The Balaban J connectivity index is 1.71. The molecule has 3 aromatic carbocycles. The summed E-state index contributed by atoms with van der Waals surface area (Å²) in [5.41, 5.74) is 2.41. The number of aliphatic hydroxyl groups excluding tert-OH is 1. The van der Waals surface area contributed by atoms with Crippen LogP contribution < -0.4 is 15.4 Å². The molecule has 0 radical (unpaired) electrons. The molecule has 188 valence electrons. The summed E-state index contributed by atoms with van der Waals surface area (Å²) in [6, 6.07) is 23.5. The zero-order chi connectivity index (χ0) is 25.8. The third kappa shape index (κ3) is 8.25. The van der Waals surface area contributed by atoms with Crippen molar-refractivity contribution in [1.82, 2.24) is 10.6 Å². The van der Waals surface area contributed by atoms with Crippen molar-refractivity contribution >= 4 is 17.8 Å². The minimum absolute atomic E-state index is 0.0510. The molecule has 0 aromatic heterocycles. The average molecular weight is 491 g/mol. The van der Waals surface area contributed by atoms with Crippen molar-refractivity contribution in [2.45, 2.75) is 31.5 Å². The monoisotopic (exact) mass is 490 g/mol. The molecule has 0 saturated heterocycles. The fourth-order valence-corrected chi connectivity index (χ4v) is 3.59. The van der Waals surface area contributed by atoms with E-state index in [2.05, 4.69) is 10.6 Å². The van der Waals surface area contributed by atoms with Crippen LogP contribution in [0.2, 0.25) is 0 Å². The Morgan fingerprint density at radius 1 is 0.750 bits per heavy atom. The van der Waals surface area contributed by atoms with Crippen LogP contribution in [0.3, 0.4) is 0 Å². The lowest BCUT2D eigenvalue weighted by Gasteiger charge is -2.23. The number of carbonyl (C=O) groups is 3. The normalized spacial score (nSPS) is 12.2. The van der Waals surface area contributed by atoms with Gasteiger partial charge in [0.25, 0.3) is 0 Å². The summed E-state index contributed by atoms with van der Waals surface area (Å²) < 4.78 is 10.4. The smallest absolute Gasteiger partial charge is 0.408 e. The molecule has 8 nitrogen and oxygen atoms in total. The lowest BCUT2D eigenvalue weighted by Crippen LogP contribution is -2.53. The number of amides is 2. The van der Waals surface area contributed by atoms with Crippen molar-refractivity contribution < 1.29 is 29.0 Å². The van der Waals surface area contributed by atoms with E-state index in [1.807, 2.05) is 60.7 Å². The van der Waals surface area contributed by atoms with Crippen LogP contribution in [0.25, 0.3) is 0 Å². The lowest BCUT2D eigenvalue weighted by atomic mass is 10.0. The maximum Gasteiger partial charge on any atom is 0.408 e. The zero-order valence-electron chi connectivity index (χ0n) is 20.1. The number of benzene rings is 3. The highest BCUT2D eigenvalue weighted by atomic mass is 16.5. The number of hydrogen-bond acceptors (Lipinski definition) is 6. The first-order valence-corrected chi connectivity index (χ1v) is 11.6. The molecule has 8 heteroatoms. The average Bonchev–Trinajstić information content (AvgIpc) is 2.92. The van der Waals surface area contributed by atoms with E-state index >= 15 is 0 Å². The van der Waals surface area contributed by atoms with E-state index in [1.165, 1.54) is 0 Å². The Labute approximate surface area is 210 Å². The maximum absolute atomic E-state index is 13.2. The molecule has 3 rings (SSSR count). The van der Waals surface area contributed by atoms with Crippen molar-refractivity contribution in [2.75, 3.05) is 13.7 Å². The molecular weight excluding hydrogens is 460 g/mol. The Kier molecular flexibility index (Phi) is 10.0.